The molecule has 1 aromatic rings. The van der Waals surface area contributed by atoms with Crippen molar-refractivity contribution in [3.8, 4) is 5.75 Å². The van der Waals surface area contributed by atoms with E-state index in [1.807, 2.05) is 54.5 Å². The summed E-state index contributed by atoms with van der Waals surface area (Å²) in [6, 6.07) is 3.70. The Balaban J connectivity index is 0.000000544. The highest BCUT2D eigenvalue weighted by Gasteiger charge is 2.47. The Bertz CT molecular complexity index is 949. The van der Waals surface area contributed by atoms with E-state index in [4.69, 9.17) is 0 Å². The van der Waals surface area contributed by atoms with Crippen LogP contribution in [0.3, 0.4) is 0 Å². The Hall–Kier alpha value is -2.08. The number of aliphatic carboxylic acids is 2. The number of phenolic OH excluding ortho intramolecular Hbond substituents is 1. The number of unbranched alkanes of at least 4 members (excludes halogenated alkanes) is 1. The number of phenols is 1. The molecule has 0 bridgehead atoms. The van der Waals surface area contributed by atoms with Crippen molar-refractivity contribution in [3.05, 3.63) is 28.8 Å². The van der Waals surface area contributed by atoms with Gasteiger partial charge in [-0.15, -0.1) is 0 Å². The summed E-state index contributed by atoms with van der Waals surface area (Å²) in [5.41, 5.74) is 0.307. The molecule has 6 heteroatoms. The molecule has 0 saturated carbocycles. The van der Waals surface area contributed by atoms with Crippen molar-refractivity contribution < 1.29 is 24.9 Å². The van der Waals surface area contributed by atoms with Gasteiger partial charge in [-0.05, 0) is 87.9 Å². The summed E-state index contributed by atoms with van der Waals surface area (Å²) in [5.74, 6) is -2.72. The quantitative estimate of drug-likeness (QED) is 0.313. The largest absolute Gasteiger partial charge is 0.507 e. The smallest absolute Gasteiger partial charge is 0.321 e. The summed E-state index contributed by atoms with van der Waals surface area (Å²) in [5, 5.41) is 30.4. The first kappa shape index (κ1) is 33.9. The van der Waals surface area contributed by atoms with E-state index in [2.05, 4.69) is 39.6 Å². The van der Waals surface area contributed by atoms with Gasteiger partial charge < -0.3 is 15.3 Å². The number of nitrogens with zero attached hydrogens (tertiary/aromatic N) is 1. The molecular weight excluding hydrogens is 478 g/mol. The number of rotatable bonds is 7. The van der Waals surface area contributed by atoms with Crippen molar-refractivity contribution in [1.82, 2.24) is 4.90 Å². The Morgan fingerprint density at radius 3 is 1.71 bits per heavy atom. The highest BCUT2D eigenvalue weighted by molar-refractivity contribution is 5.98. The lowest BCUT2D eigenvalue weighted by molar-refractivity contribution is -0.165. The number of piperidine rings is 1. The van der Waals surface area contributed by atoms with Gasteiger partial charge in [0.05, 0.1) is 0 Å². The first-order valence-electron chi connectivity index (χ1n) is 14.1. The third kappa shape index (κ3) is 7.97. The number of likely N-dealkylation sites (tertiary alicyclic amines) is 1. The van der Waals surface area contributed by atoms with Crippen molar-refractivity contribution >= 4 is 11.9 Å². The molecule has 1 heterocycles. The molecule has 6 nitrogen and oxygen atoms in total. The molecule has 0 aromatic heterocycles. The average Bonchev–Trinajstić information content (AvgIpc) is 2.74. The summed E-state index contributed by atoms with van der Waals surface area (Å²) < 4.78 is 0. The number of benzene rings is 1. The number of carboxylic acid groups (broad SMARTS) is 2. The molecule has 1 fully saturated rings. The molecule has 1 aliphatic heterocycles. The van der Waals surface area contributed by atoms with Crippen LogP contribution in [-0.4, -0.2) is 50.3 Å². The van der Waals surface area contributed by atoms with E-state index in [1.165, 1.54) is 19.3 Å². The van der Waals surface area contributed by atoms with Crippen LogP contribution in [-0.2, 0) is 26.8 Å². The Labute approximate surface area is 231 Å². The van der Waals surface area contributed by atoms with Gasteiger partial charge in [-0.3, -0.25) is 14.5 Å². The SMILES string of the molecule is CCCCC(Cc1cc(C(C)(C)C)cc(C(C)(C)C)c1O)(C(=O)O)C(=O)O.CN1C(C)(C)CCCC1(C)C. The molecule has 218 valence electrons. The molecule has 1 aromatic carbocycles. The van der Waals surface area contributed by atoms with Gasteiger partial charge in [-0.1, -0.05) is 73.4 Å². The van der Waals surface area contributed by atoms with Crippen molar-refractivity contribution in [2.24, 2.45) is 5.41 Å². The molecule has 38 heavy (non-hydrogen) atoms. The minimum Gasteiger partial charge on any atom is -0.507 e. The van der Waals surface area contributed by atoms with Crippen LogP contribution in [0.4, 0.5) is 0 Å². The maximum absolute atomic E-state index is 12.0. The summed E-state index contributed by atoms with van der Waals surface area (Å²) in [4.78, 5) is 26.5. The first-order chi connectivity index (χ1) is 17.0. The van der Waals surface area contributed by atoms with Gasteiger partial charge >= 0.3 is 11.9 Å². The van der Waals surface area contributed by atoms with Gasteiger partial charge in [-0.2, -0.15) is 0 Å². The van der Waals surface area contributed by atoms with Gasteiger partial charge in [0, 0.05) is 17.5 Å². The Morgan fingerprint density at radius 1 is 0.895 bits per heavy atom. The van der Waals surface area contributed by atoms with Gasteiger partial charge in [0.25, 0.3) is 0 Å². The molecule has 1 saturated heterocycles. The van der Waals surface area contributed by atoms with Crippen LogP contribution in [0.1, 0.15) is 131 Å². The summed E-state index contributed by atoms with van der Waals surface area (Å²) in [7, 11) is 2.25. The highest BCUT2D eigenvalue weighted by Crippen LogP contribution is 2.41. The zero-order valence-corrected chi connectivity index (χ0v) is 26.2. The van der Waals surface area contributed by atoms with E-state index in [0.29, 0.717) is 35.0 Å². The van der Waals surface area contributed by atoms with Crippen LogP contribution in [0.2, 0.25) is 0 Å². The van der Waals surface area contributed by atoms with Crippen LogP contribution in [0.5, 0.6) is 5.75 Å². The molecule has 0 spiro atoms. The fraction of sp³-hybridized carbons (Fsp3) is 0.750. The van der Waals surface area contributed by atoms with E-state index < -0.39 is 17.4 Å². The highest BCUT2D eigenvalue weighted by atomic mass is 16.4. The van der Waals surface area contributed by atoms with Crippen molar-refractivity contribution in [1.29, 1.82) is 0 Å². The molecule has 1 aliphatic rings. The van der Waals surface area contributed by atoms with Crippen molar-refractivity contribution in [2.45, 2.75) is 143 Å². The maximum Gasteiger partial charge on any atom is 0.321 e. The van der Waals surface area contributed by atoms with Crippen LogP contribution in [0.15, 0.2) is 12.1 Å². The number of hydrogen-bond donors (Lipinski definition) is 3. The second-order valence-corrected chi connectivity index (χ2v) is 14.5. The fourth-order valence-corrected chi connectivity index (χ4v) is 5.29. The number of carbonyl (C=O) groups is 2. The van der Waals surface area contributed by atoms with E-state index in [1.54, 1.807) is 6.07 Å². The fourth-order valence-electron chi connectivity index (χ4n) is 5.29. The van der Waals surface area contributed by atoms with Gasteiger partial charge in [0.2, 0.25) is 0 Å². The third-order valence-electron chi connectivity index (χ3n) is 8.52. The summed E-state index contributed by atoms with van der Waals surface area (Å²) >= 11 is 0. The molecular formula is C32H55NO5. The molecule has 0 unspecified atom stereocenters. The molecule has 3 N–H and O–H groups in total. The minimum atomic E-state index is -1.95. The number of carboxylic acids is 2. The number of hydrogen-bond acceptors (Lipinski definition) is 4. The van der Waals surface area contributed by atoms with E-state index >= 15 is 0 Å². The zero-order valence-electron chi connectivity index (χ0n) is 26.2. The van der Waals surface area contributed by atoms with E-state index in [0.717, 1.165) is 5.56 Å². The predicted octanol–water partition coefficient (Wildman–Crippen LogP) is 7.53. The van der Waals surface area contributed by atoms with Gasteiger partial charge in [0.15, 0.2) is 5.41 Å². The Morgan fingerprint density at radius 2 is 1.37 bits per heavy atom. The topological polar surface area (TPSA) is 98.1 Å². The van der Waals surface area contributed by atoms with Crippen LogP contribution >= 0.6 is 0 Å². The summed E-state index contributed by atoms with van der Waals surface area (Å²) in [6.07, 6.45) is 5.03. The van der Waals surface area contributed by atoms with Gasteiger partial charge in [-0.25, -0.2) is 0 Å². The molecule has 0 amide bonds. The second kappa shape index (κ2) is 12.0. The van der Waals surface area contributed by atoms with Crippen molar-refractivity contribution in [3.63, 3.8) is 0 Å². The average molecular weight is 534 g/mol. The zero-order chi connectivity index (χ0) is 29.9. The van der Waals surface area contributed by atoms with Crippen LogP contribution < -0.4 is 0 Å². The predicted molar refractivity (Wildman–Crippen MR) is 156 cm³/mol. The van der Waals surface area contributed by atoms with E-state index in [-0.39, 0.29) is 29.4 Å². The standard InChI is InChI=1S/C22H34O5.C10H21N/c1-8-9-10-22(18(24)25,19(26)27)13-14-11-15(20(2,3)4)12-16(17(14)23)21(5,6)7;1-9(2)7-6-8-10(3,4)11(9)5/h11-12,23H,8-10,13H2,1-7H3,(H,24,25)(H,26,27);6-8H2,1-5H3. The maximum atomic E-state index is 12.0. The van der Waals surface area contributed by atoms with E-state index in [9.17, 15) is 24.9 Å². The molecule has 0 radical (unpaired) electrons. The molecule has 2 rings (SSSR count). The Kier molecular flexibility index (Phi) is 10.7. The van der Waals surface area contributed by atoms with Gasteiger partial charge in [0.1, 0.15) is 5.75 Å². The minimum absolute atomic E-state index is 0.00104. The van der Waals surface area contributed by atoms with Crippen LogP contribution in [0.25, 0.3) is 0 Å². The monoisotopic (exact) mass is 533 g/mol. The molecule has 0 aliphatic carbocycles. The second-order valence-electron chi connectivity index (χ2n) is 14.5. The lowest BCUT2D eigenvalue weighted by Gasteiger charge is -2.50. The lowest BCUT2D eigenvalue weighted by Crippen LogP contribution is -2.56. The third-order valence-corrected chi connectivity index (χ3v) is 8.52. The van der Waals surface area contributed by atoms with Crippen LogP contribution in [0, 0.1) is 5.41 Å². The first-order valence-corrected chi connectivity index (χ1v) is 14.1. The van der Waals surface area contributed by atoms with Crippen molar-refractivity contribution in [2.75, 3.05) is 7.05 Å². The molecule has 0 atom stereocenters. The number of aromatic hydroxyl groups is 1. The normalized spacial score (nSPS) is 17.9. The lowest BCUT2D eigenvalue weighted by atomic mass is 9.73. The summed E-state index contributed by atoms with van der Waals surface area (Å²) in [6.45, 7) is 23.3.